The van der Waals surface area contributed by atoms with Gasteiger partial charge >= 0.3 is 0 Å². The Morgan fingerprint density at radius 3 is 2.36 bits per heavy atom. The molecule has 0 bridgehead atoms. The SMILES string of the molecule is CCCCC(CCl)C1CCC(C)CC1. The van der Waals surface area contributed by atoms with Gasteiger partial charge in [0.25, 0.3) is 0 Å². The number of unbranched alkanes of at least 4 members (excludes halogenated alkanes) is 1. The van der Waals surface area contributed by atoms with E-state index in [1.165, 1.54) is 44.9 Å². The second kappa shape index (κ2) is 6.71. The molecule has 0 nitrogen and oxygen atoms in total. The van der Waals surface area contributed by atoms with Gasteiger partial charge in [-0.3, -0.25) is 0 Å². The molecule has 1 rings (SSSR count). The minimum absolute atomic E-state index is 0.809. The fourth-order valence-electron chi connectivity index (χ4n) is 2.66. The predicted octanol–water partition coefficient (Wildman–Crippen LogP) is 4.86. The molecule has 0 spiro atoms. The first-order chi connectivity index (χ1) is 6.77. The van der Waals surface area contributed by atoms with Crippen molar-refractivity contribution in [2.24, 2.45) is 17.8 Å². The van der Waals surface area contributed by atoms with Gasteiger partial charge in [0.1, 0.15) is 0 Å². The van der Waals surface area contributed by atoms with E-state index in [9.17, 15) is 0 Å². The highest BCUT2D eigenvalue weighted by Crippen LogP contribution is 2.35. The maximum Gasteiger partial charge on any atom is 0.0254 e. The van der Waals surface area contributed by atoms with Crippen molar-refractivity contribution in [3.63, 3.8) is 0 Å². The molecule has 0 aromatic rings. The molecule has 14 heavy (non-hydrogen) atoms. The van der Waals surface area contributed by atoms with Crippen LogP contribution < -0.4 is 0 Å². The summed E-state index contributed by atoms with van der Waals surface area (Å²) in [6, 6.07) is 0. The summed E-state index contributed by atoms with van der Waals surface area (Å²) >= 11 is 6.07. The predicted molar refractivity (Wildman–Crippen MR) is 64.9 cm³/mol. The highest BCUT2D eigenvalue weighted by molar-refractivity contribution is 6.18. The largest absolute Gasteiger partial charge is 0.126 e. The summed E-state index contributed by atoms with van der Waals surface area (Å²) in [5, 5.41) is 0. The highest BCUT2D eigenvalue weighted by atomic mass is 35.5. The van der Waals surface area contributed by atoms with Gasteiger partial charge in [0.15, 0.2) is 0 Å². The third kappa shape index (κ3) is 3.81. The first-order valence-corrected chi connectivity index (χ1v) is 6.87. The average molecular weight is 217 g/mol. The van der Waals surface area contributed by atoms with E-state index in [0.717, 1.165) is 23.6 Å². The van der Waals surface area contributed by atoms with E-state index in [4.69, 9.17) is 11.6 Å². The van der Waals surface area contributed by atoms with Crippen molar-refractivity contribution in [1.29, 1.82) is 0 Å². The number of halogens is 1. The van der Waals surface area contributed by atoms with Crippen molar-refractivity contribution in [1.82, 2.24) is 0 Å². The molecular formula is C13H25Cl. The van der Waals surface area contributed by atoms with Gasteiger partial charge in [-0.25, -0.2) is 0 Å². The molecule has 1 aliphatic carbocycles. The standard InChI is InChI=1S/C13H25Cl/c1-3-4-5-13(10-14)12-8-6-11(2)7-9-12/h11-13H,3-10H2,1-2H3. The van der Waals surface area contributed by atoms with Crippen LogP contribution in [-0.4, -0.2) is 5.88 Å². The van der Waals surface area contributed by atoms with E-state index in [1.54, 1.807) is 0 Å². The Hall–Kier alpha value is 0.290. The second-order valence-corrected chi connectivity index (χ2v) is 5.39. The van der Waals surface area contributed by atoms with E-state index in [-0.39, 0.29) is 0 Å². The molecular weight excluding hydrogens is 192 g/mol. The molecule has 0 aromatic carbocycles. The summed E-state index contributed by atoms with van der Waals surface area (Å²) in [4.78, 5) is 0. The van der Waals surface area contributed by atoms with Gasteiger partial charge in [0.05, 0.1) is 0 Å². The molecule has 0 saturated heterocycles. The van der Waals surface area contributed by atoms with Crippen LogP contribution in [0.4, 0.5) is 0 Å². The Balaban J connectivity index is 2.29. The van der Waals surface area contributed by atoms with Gasteiger partial charge in [-0.05, 0) is 37.0 Å². The van der Waals surface area contributed by atoms with Crippen LogP contribution in [0, 0.1) is 17.8 Å². The minimum Gasteiger partial charge on any atom is -0.126 e. The summed E-state index contributed by atoms with van der Waals surface area (Å²) in [7, 11) is 0. The summed E-state index contributed by atoms with van der Waals surface area (Å²) in [5.74, 6) is 3.60. The summed E-state index contributed by atoms with van der Waals surface area (Å²) in [5.41, 5.74) is 0. The Morgan fingerprint density at radius 1 is 1.21 bits per heavy atom. The average Bonchev–Trinajstić information content (AvgIpc) is 2.21. The maximum atomic E-state index is 6.07. The van der Waals surface area contributed by atoms with Gasteiger partial charge in [0, 0.05) is 5.88 Å². The molecule has 0 aromatic heterocycles. The van der Waals surface area contributed by atoms with Crippen molar-refractivity contribution >= 4 is 11.6 Å². The molecule has 1 heteroatoms. The van der Waals surface area contributed by atoms with Gasteiger partial charge in [-0.1, -0.05) is 39.5 Å². The number of rotatable bonds is 5. The second-order valence-electron chi connectivity index (χ2n) is 5.08. The fraction of sp³-hybridized carbons (Fsp3) is 1.00. The highest BCUT2D eigenvalue weighted by Gasteiger charge is 2.24. The van der Waals surface area contributed by atoms with Crippen LogP contribution in [0.2, 0.25) is 0 Å². The first-order valence-electron chi connectivity index (χ1n) is 6.33. The molecule has 0 N–H and O–H groups in total. The fourth-order valence-corrected chi connectivity index (χ4v) is 3.07. The maximum absolute atomic E-state index is 6.07. The lowest BCUT2D eigenvalue weighted by molar-refractivity contribution is 0.215. The molecule has 1 saturated carbocycles. The van der Waals surface area contributed by atoms with Crippen molar-refractivity contribution < 1.29 is 0 Å². The van der Waals surface area contributed by atoms with Crippen LogP contribution in [0.5, 0.6) is 0 Å². The van der Waals surface area contributed by atoms with Crippen LogP contribution in [0.1, 0.15) is 58.8 Å². The molecule has 0 heterocycles. The number of hydrogen-bond acceptors (Lipinski definition) is 0. The van der Waals surface area contributed by atoms with Crippen LogP contribution in [0.25, 0.3) is 0 Å². The van der Waals surface area contributed by atoms with Gasteiger partial charge in [-0.2, -0.15) is 0 Å². The zero-order valence-corrected chi connectivity index (χ0v) is 10.5. The van der Waals surface area contributed by atoms with Crippen molar-refractivity contribution in [3.8, 4) is 0 Å². The Morgan fingerprint density at radius 2 is 1.86 bits per heavy atom. The number of hydrogen-bond donors (Lipinski definition) is 0. The van der Waals surface area contributed by atoms with Crippen LogP contribution >= 0.6 is 11.6 Å². The van der Waals surface area contributed by atoms with E-state index < -0.39 is 0 Å². The van der Waals surface area contributed by atoms with Crippen molar-refractivity contribution in [2.45, 2.75) is 58.8 Å². The summed E-state index contributed by atoms with van der Waals surface area (Å²) in [6.07, 6.45) is 9.78. The zero-order valence-electron chi connectivity index (χ0n) is 9.77. The van der Waals surface area contributed by atoms with Crippen LogP contribution in [-0.2, 0) is 0 Å². The molecule has 1 fully saturated rings. The third-order valence-electron chi connectivity index (χ3n) is 3.85. The zero-order chi connectivity index (χ0) is 10.4. The third-order valence-corrected chi connectivity index (χ3v) is 4.25. The van der Waals surface area contributed by atoms with Crippen molar-refractivity contribution in [2.75, 3.05) is 5.88 Å². The number of alkyl halides is 1. The van der Waals surface area contributed by atoms with Gasteiger partial charge in [0.2, 0.25) is 0 Å². The molecule has 0 aliphatic heterocycles. The van der Waals surface area contributed by atoms with Crippen LogP contribution in [0.3, 0.4) is 0 Å². The topological polar surface area (TPSA) is 0 Å². The molecule has 84 valence electrons. The lowest BCUT2D eigenvalue weighted by atomic mass is 9.75. The monoisotopic (exact) mass is 216 g/mol. The molecule has 1 aliphatic rings. The Labute approximate surface area is 94.4 Å². The normalized spacial score (nSPS) is 30.2. The summed E-state index contributed by atoms with van der Waals surface area (Å²) < 4.78 is 0. The quantitative estimate of drug-likeness (QED) is 0.576. The van der Waals surface area contributed by atoms with E-state index in [0.29, 0.717) is 0 Å². The van der Waals surface area contributed by atoms with Gasteiger partial charge < -0.3 is 0 Å². The smallest absolute Gasteiger partial charge is 0.0254 e. The van der Waals surface area contributed by atoms with E-state index >= 15 is 0 Å². The lowest BCUT2D eigenvalue weighted by Crippen LogP contribution is -2.22. The molecule has 1 unspecified atom stereocenters. The van der Waals surface area contributed by atoms with Crippen LogP contribution in [0.15, 0.2) is 0 Å². The van der Waals surface area contributed by atoms with Crippen molar-refractivity contribution in [3.05, 3.63) is 0 Å². The van der Waals surface area contributed by atoms with Gasteiger partial charge in [-0.15, -0.1) is 11.6 Å². The summed E-state index contributed by atoms with van der Waals surface area (Å²) in [6.45, 7) is 4.66. The Kier molecular flexibility index (Phi) is 5.93. The van der Waals surface area contributed by atoms with E-state index in [1.807, 2.05) is 0 Å². The molecule has 0 radical (unpaired) electrons. The lowest BCUT2D eigenvalue weighted by Gasteiger charge is -2.31. The molecule has 1 atom stereocenters. The Bertz CT molecular complexity index is 133. The molecule has 0 amide bonds. The minimum atomic E-state index is 0.809. The first kappa shape index (κ1) is 12.4. The van der Waals surface area contributed by atoms with E-state index in [2.05, 4.69) is 13.8 Å².